The highest BCUT2D eigenvalue weighted by Crippen LogP contribution is 2.45. The molecule has 0 aromatic carbocycles. The minimum Gasteiger partial charge on any atom is -0.462 e. The summed E-state index contributed by atoms with van der Waals surface area (Å²) in [6.07, 6.45) is 41.8. The van der Waals surface area contributed by atoms with Crippen LogP contribution in [0.3, 0.4) is 0 Å². The van der Waals surface area contributed by atoms with Gasteiger partial charge in [0.2, 0.25) is 0 Å². The van der Waals surface area contributed by atoms with Crippen LogP contribution in [0.5, 0.6) is 0 Å². The number of hydrogen-bond donors (Lipinski definition) is 3. The van der Waals surface area contributed by atoms with Crippen LogP contribution in [0, 0.1) is 23.7 Å². The summed E-state index contributed by atoms with van der Waals surface area (Å²) in [5.41, 5.74) is 0. The molecule has 0 radical (unpaired) electrons. The summed E-state index contributed by atoms with van der Waals surface area (Å²) in [4.78, 5) is 72.5. The molecule has 0 spiro atoms. The normalized spacial score (nSPS) is 14.3. The first kappa shape index (κ1) is 87.1. The number of carbonyl (C=O) groups excluding carboxylic acids is 4. The standard InChI is InChI=1S/C70H136O17P2/c1-60(2)46-38-30-22-15-11-9-10-12-17-27-36-44-52-69(74)87-66(57-81-68(73)51-43-35-29-21-25-33-41-49-63(7)8)59-85-89(78,79)83-55-64(71)54-82-88(76,77)84-58-65(56-80-67(72)50-42-34-26-20-19-24-32-40-48-62(5)6)86-70(75)53-45-37-28-18-14-13-16-23-31-39-47-61(3)4/h60-66,71H,9-59H2,1-8H3,(H,76,77)(H,78,79)/t64?,65-,66-/m1/s1. The average molecular weight is 1310 g/mol. The van der Waals surface area contributed by atoms with Gasteiger partial charge in [-0.3, -0.25) is 37.3 Å². The fourth-order valence-electron chi connectivity index (χ4n) is 10.5. The molecule has 0 saturated carbocycles. The first-order valence-corrected chi connectivity index (χ1v) is 39.2. The topological polar surface area (TPSA) is 237 Å². The summed E-state index contributed by atoms with van der Waals surface area (Å²) in [5.74, 6) is 0.830. The van der Waals surface area contributed by atoms with E-state index in [2.05, 4.69) is 55.4 Å². The first-order chi connectivity index (χ1) is 42.6. The van der Waals surface area contributed by atoms with Crippen molar-refractivity contribution in [2.24, 2.45) is 23.7 Å². The number of rotatable bonds is 67. The van der Waals surface area contributed by atoms with E-state index in [4.69, 9.17) is 37.0 Å². The average Bonchev–Trinajstić information content (AvgIpc) is 3.51. The SMILES string of the molecule is CC(C)CCCCCCCCCCCCCCC(=O)O[C@H](COC(=O)CCCCCCCCCC(C)C)COP(=O)(O)OCC(O)COP(=O)(O)OC[C@@H](COC(=O)CCCCCCCCCCC(C)C)OC(=O)CCCCCCCCCCCCC(C)C. The van der Waals surface area contributed by atoms with E-state index in [1.165, 1.54) is 141 Å². The Bertz CT molecular complexity index is 1760. The molecule has 0 heterocycles. The van der Waals surface area contributed by atoms with Crippen molar-refractivity contribution in [2.45, 2.75) is 363 Å². The molecule has 0 aliphatic carbocycles. The zero-order valence-corrected chi connectivity index (χ0v) is 59.8. The lowest BCUT2D eigenvalue weighted by atomic mass is 10.0. The van der Waals surface area contributed by atoms with Crippen LogP contribution in [0.1, 0.15) is 344 Å². The summed E-state index contributed by atoms with van der Waals surface area (Å²) >= 11 is 0. The maximum atomic E-state index is 13.0. The van der Waals surface area contributed by atoms with Crippen molar-refractivity contribution < 1.29 is 80.2 Å². The third-order valence-corrected chi connectivity index (χ3v) is 18.0. The highest BCUT2D eigenvalue weighted by atomic mass is 31.2. The Morgan fingerprint density at radius 1 is 0.281 bits per heavy atom. The van der Waals surface area contributed by atoms with Gasteiger partial charge < -0.3 is 33.8 Å². The second-order valence-electron chi connectivity index (χ2n) is 27.2. The molecule has 3 unspecified atom stereocenters. The van der Waals surface area contributed by atoms with Crippen molar-refractivity contribution >= 4 is 39.5 Å². The summed E-state index contributed by atoms with van der Waals surface area (Å²) in [6, 6.07) is 0. The quantitative estimate of drug-likeness (QED) is 0.0222. The summed E-state index contributed by atoms with van der Waals surface area (Å²) < 4.78 is 68.3. The molecule has 3 N–H and O–H groups in total. The van der Waals surface area contributed by atoms with Gasteiger partial charge >= 0.3 is 39.5 Å². The fourth-order valence-corrected chi connectivity index (χ4v) is 12.1. The molecule has 0 fully saturated rings. The molecular weight excluding hydrogens is 1170 g/mol. The Balaban J connectivity index is 5.25. The number of esters is 4. The van der Waals surface area contributed by atoms with Crippen molar-refractivity contribution in [1.29, 1.82) is 0 Å². The van der Waals surface area contributed by atoms with Crippen LogP contribution < -0.4 is 0 Å². The lowest BCUT2D eigenvalue weighted by Crippen LogP contribution is -2.30. The van der Waals surface area contributed by atoms with Crippen molar-refractivity contribution in [3.8, 4) is 0 Å². The number of aliphatic hydroxyl groups excluding tert-OH is 1. The van der Waals surface area contributed by atoms with E-state index in [0.29, 0.717) is 31.6 Å². The zero-order valence-electron chi connectivity index (χ0n) is 58.1. The molecule has 17 nitrogen and oxygen atoms in total. The number of carbonyl (C=O) groups is 4. The van der Waals surface area contributed by atoms with E-state index in [0.717, 1.165) is 114 Å². The van der Waals surface area contributed by atoms with Crippen LogP contribution >= 0.6 is 15.6 Å². The fraction of sp³-hybridized carbons (Fsp3) is 0.943. The number of unbranched alkanes of at least 4 members (excludes halogenated alkanes) is 33. The number of hydrogen-bond acceptors (Lipinski definition) is 15. The van der Waals surface area contributed by atoms with Crippen LogP contribution in [0.4, 0.5) is 0 Å². The molecule has 0 saturated heterocycles. The molecule has 0 aliphatic heterocycles. The summed E-state index contributed by atoms with van der Waals surface area (Å²) in [7, 11) is -9.90. The number of ether oxygens (including phenoxy) is 4. The second kappa shape index (κ2) is 59.8. The van der Waals surface area contributed by atoms with E-state index in [1.54, 1.807) is 0 Å². The summed E-state index contributed by atoms with van der Waals surface area (Å²) in [6.45, 7) is 14.1. The van der Waals surface area contributed by atoms with Crippen LogP contribution in [-0.2, 0) is 65.4 Å². The molecule has 528 valence electrons. The van der Waals surface area contributed by atoms with E-state index >= 15 is 0 Å². The van der Waals surface area contributed by atoms with Gasteiger partial charge in [-0.1, -0.05) is 293 Å². The Kier molecular flexibility index (Phi) is 58.5. The van der Waals surface area contributed by atoms with Gasteiger partial charge in [0.15, 0.2) is 12.2 Å². The van der Waals surface area contributed by atoms with Gasteiger partial charge in [0.1, 0.15) is 19.3 Å². The molecule has 89 heavy (non-hydrogen) atoms. The maximum absolute atomic E-state index is 13.0. The smallest absolute Gasteiger partial charge is 0.462 e. The van der Waals surface area contributed by atoms with Gasteiger partial charge in [0.05, 0.1) is 26.4 Å². The molecule has 0 bridgehead atoms. The highest BCUT2D eigenvalue weighted by Gasteiger charge is 2.30. The minimum atomic E-state index is -4.95. The minimum absolute atomic E-state index is 0.105. The largest absolute Gasteiger partial charge is 0.472 e. The molecule has 5 atom stereocenters. The van der Waals surface area contributed by atoms with E-state index in [1.807, 2.05) is 0 Å². The van der Waals surface area contributed by atoms with Gasteiger partial charge in [-0.2, -0.15) is 0 Å². The molecule has 19 heteroatoms. The van der Waals surface area contributed by atoms with E-state index in [-0.39, 0.29) is 25.7 Å². The zero-order chi connectivity index (χ0) is 66.1. The molecular formula is C70H136O17P2. The summed E-state index contributed by atoms with van der Waals surface area (Å²) in [5, 5.41) is 10.6. The Morgan fingerprint density at radius 3 is 0.697 bits per heavy atom. The Labute approximate surface area is 543 Å². The highest BCUT2D eigenvalue weighted by molar-refractivity contribution is 7.47. The molecule has 0 amide bonds. The Morgan fingerprint density at radius 2 is 0.472 bits per heavy atom. The molecule has 0 rings (SSSR count). The van der Waals surface area contributed by atoms with Gasteiger partial charge in [-0.25, -0.2) is 9.13 Å². The predicted octanol–water partition coefficient (Wildman–Crippen LogP) is 19.7. The van der Waals surface area contributed by atoms with Crippen LogP contribution in [-0.4, -0.2) is 96.7 Å². The molecule has 0 aromatic rings. The Hall–Kier alpha value is -1.94. The van der Waals surface area contributed by atoms with Crippen molar-refractivity contribution in [3.05, 3.63) is 0 Å². The van der Waals surface area contributed by atoms with Gasteiger partial charge in [0.25, 0.3) is 0 Å². The molecule has 0 aliphatic rings. The number of phosphoric ester groups is 2. The lowest BCUT2D eigenvalue weighted by molar-refractivity contribution is -0.161. The van der Waals surface area contributed by atoms with Crippen molar-refractivity contribution in [3.63, 3.8) is 0 Å². The van der Waals surface area contributed by atoms with E-state index < -0.39 is 97.5 Å². The lowest BCUT2D eigenvalue weighted by Gasteiger charge is -2.21. The monoisotopic (exact) mass is 1310 g/mol. The van der Waals surface area contributed by atoms with Crippen LogP contribution in [0.15, 0.2) is 0 Å². The number of aliphatic hydroxyl groups is 1. The second-order valence-corrected chi connectivity index (χ2v) is 30.1. The van der Waals surface area contributed by atoms with E-state index in [9.17, 15) is 43.2 Å². The van der Waals surface area contributed by atoms with Crippen molar-refractivity contribution in [2.75, 3.05) is 39.6 Å². The predicted molar refractivity (Wildman–Crippen MR) is 358 cm³/mol. The van der Waals surface area contributed by atoms with Gasteiger partial charge in [-0.05, 0) is 49.4 Å². The van der Waals surface area contributed by atoms with Gasteiger partial charge in [0, 0.05) is 25.7 Å². The van der Waals surface area contributed by atoms with Gasteiger partial charge in [-0.15, -0.1) is 0 Å². The van der Waals surface area contributed by atoms with Crippen molar-refractivity contribution in [1.82, 2.24) is 0 Å². The number of phosphoric acid groups is 2. The third-order valence-electron chi connectivity index (χ3n) is 16.1. The maximum Gasteiger partial charge on any atom is 0.472 e. The van der Waals surface area contributed by atoms with Crippen LogP contribution in [0.2, 0.25) is 0 Å². The molecule has 0 aromatic heterocycles. The van der Waals surface area contributed by atoms with Crippen LogP contribution in [0.25, 0.3) is 0 Å². The first-order valence-electron chi connectivity index (χ1n) is 36.2. The third kappa shape index (κ3) is 64.6.